The Morgan fingerprint density at radius 3 is 2.72 bits per heavy atom. The SMILES string of the molecule is Cc1c(C2CCC2)nc2c(c1NSc1cc(C(C)(C)O)cs1)CCC2. The van der Waals surface area contributed by atoms with Gasteiger partial charge in [-0.05, 0) is 93.0 Å². The number of fused-ring (bicyclic) bond motifs is 1. The summed E-state index contributed by atoms with van der Waals surface area (Å²) in [5, 5.41) is 12.2. The fourth-order valence-corrected chi connectivity index (χ4v) is 5.63. The summed E-state index contributed by atoms with van der Waals surface area (Å²) in [6, 6.07) is 2.09. The number of rotatable bonds is 5. The van der Waals surface area contributed by atoms with Crippen molar-refractivity contribution >= 4 is 29.0 Å². The van der Waals surface area contributed by atoms with E-state index in [9.17, 15) is 5.11 Å². The van der Waals surface area contributed by atoms with Gasteiger partial charge in [0.15, 0.2) is 0 Å². The van der Waals surface area contributed by atoms with Crippen LogP contribution in [0.4, 0.5) is 5.69 Å². The van der Waals surface area contributed by atoms with E-state index < -0.39 is 5.60 Å². The normalized spacial score (nSPS) is 17.4. The predicted octanol–water partition coefficient (Wildman–Crippen LogP) is 5.55. The summed E-state index contributed by atoms with van der Waals surface area (Å²) in [6.45, 7) is 5.91. The van der Waals surface area contributed by atoms with Crippen LogP contribution in [-0.4, -0.2) is 10.1 Å². The van der Waals surface area contributed by atoms with Crippen LogP contribution in [0.1, 0.15) is 73.5 Å². The number of nitrogens with one attached hydrogen (secondary N) is 1. The highest BCUT2D eigenvalue weighted by molar-refractivity contribution is 8.02. The van der Waals surface area contributed by atoms with Gasteiger partial charge in [0.1, 0.15) is 0 Å². The van der Waals surface area contributed by atoms with Gasteiger partial charge in [-0.2, -0.15) is 0 Å². The zero-order chi connectivity index (χ0) is 17.6. The van der Waals surface area contributed by atoms with E-state index in [0.29, 0.717) is 5.92 Å². The maximum Gasteiger partial charge on any atom is 0.0848 e. The monoisotopic (exact) mass is 374 g/mol. The summed E-state index contributed by atoms with van der Waals surface area (Å²) < 4.78 is 4.83. The molecule has 2 heterocycles. The van der Waals surface area contributed by atoms with Crippen LogP contribution in [0.2, 0.25) is 0 Å². The van der Waals surface area contributed by atoms with E-state index in [1.54, 1.807) is 23.3 Å². The fourth-order valence-electron chi connectivity index (χ4n) is 3.71. The molecular weight excluding hydrogens is 348 g/mol. The van der Waals surface area contributed by atoms with Gasteiger partial charge in [0, 0.05) is 17.3 Å². The van der Waals surface area contributed by atoms with Gasteiger partial charge in [0.05, 0.1) is 15.5 Å². The minimum atomic E-state index is -0.777. The Kier molecular flexibility index (Phi) is 4.59. The Labute approximate surface area is 158 Å². The Hall–Kier alpha value is -1.04. The van der Waals surface area contributed by atoms with Crippen molar-refractivity contribution in [1.29, 1.82) is 0 Å². The number of anilines is 1. The zero-order valence-electron chi connectivity index (χ0n) is 15.2. The molecule has 2 N–H and O–H groups in total. The van der Waals surface area contributed by atoms with Crippen molar-refractivity contribution in [2.24, 2.45) is 0 Å². The summed E-state index contributed by atoms with van der Waals surface area (Å²) in [5.41, 5.74) is 6.92. The molecule has 0 amide bonds. The summed E-state index contributed by atoms with van der Waals surface area (Å²) >= 11 is 3.35. The zero-order valence-corrected chi connectivity index (χ0v) is 16.8. The molecule has 2 aliphatic rings. The Morgan fingerprint density at radius 1 is 1.28 bits per heavy atom. The third-order valence-electron chi connectivity index (χ3n) is 5.53. The molecule has 3 nitrogen and oxygen atoms in total. The van der Waals surface area contributed by atoms with Crippen molar-refractivity contribution < 1.29 is 5.11 Å². The summed E-state index contributed by atoms with van der Waals surface area (Å²) in [7, 11) is 0. The number of hydrogen-bond acceptors (Lipinski definition) is 5. The topological polar surface area (TPSA) is 45.2 Å². The van der Waals surface area contributed by atoms with Crippen molar-refractivity contribution in [3.8, 4) is 0 Å². The van der Waals surface area contributed by atoms with Crippen LogP contribution < -0.4 is 4.72 Å². The third-order valence-corrected chi connectivity index (χ3v) is 7.42. The van der Waals surface area contributed by atoms with E-state index in [0.717, 1.165) is 18.4 Å². The molecule has 0 spiro atoms. The minimum absolute atomic E-state index is 0.667. The van der Waals surface area contributed by atoms with Crippen LogP contribution in [0, 0.1) is 6.92 Å². The molecule has 0 atom stereocenters. The molecule has 2 aliphatic carbocycles. The van der Waals surface area contributed by atoms with Gasteiger partial charge in [-0.25, -0.2) is 0 Å². The number of aromatic nitrogens is 1. The number of thiophene rings is 1. The molecule has 0 aliphatic heterocycles. The quantitative estimate of drug-likeness (QED) is 0.673. The molecule has 2 aromatic heterocycles. The van der Waals surface area contributed by atoms with Crippen molar-refractivity contribution in [2.75, 3.05) is 4.72 Å². The summed E-state index contributed by atoms with van der Waals surface area (Å²) in [5.74, 6) is 0.667. The molecule has 5 heteroatoms. The lowest BCUT2D eigenvalue weighted by Crippen LogP contribution is -2.15. The second-order valence-electron chi connectivity index (χ2n) is 7.82. The van der Waals surface area contributed by atoms with Crippen molar-refractivity contribution in [3.05, 3.63) is 39.5 Å². The number of pyridine rings is 1. The number of hydrogen-bond donors (Lipinski definition) is 2. The van der Waals surface area contributed by atoms with Gasteiger partial charge < -0.3 is 9.83 Å². The Balaban J connectivity index is 1.59. The molecule has 134 valence electrons. The summed E-state index contributed by atoms with van der Waals surface area (Å²) in [4.78, 5) is 5.05. The lowest BCUT2D eigenvalue weighted by Gasteiger charge is -2.28. The minimum Gasteiger partial charge on any atom is -0.386 e. The maximum absolute atomic E-state index is 10.2. The largest absolute Gasteiger partial charge is 0.386 e. The van der Waals surface area contributed by atoms with Crippen molar-refractivity contribution in [1.82, 2.24) is 4.98 Å². The van der Waals surface area contributed by atoms with Crippen LogP contribution in [0.5, 0.6) is 0 Å². The first-order chi connectivity index (χ1) is 11.9. The first kappa shape index (κ1) is 17.4. The molecule has 2 aromatic rings. The van der Waals surface area contributed by atoms with Gasteiger partial charge in [-0.1, -0.05) is 6.42 Å². The highest BCUT2D eigenvalue weighted by Crippen LogP contribution is 2.43. The molecule has 4 rings (SSSR count). The van der Waals surface area contributed by atoms with E-state index in [-0.39, 0.29) is 0 Å². The lowest BCUT2D eigenvalue weighted by atomic mass is 9.80. The second-order valence-corrected chi connectivity index (χ2v) is 9.84. The van der Waals surface area contributed by atoms with E-state index in [1.807, 2.05) is 19.2 Å². The molecule has 1 saturated carbocycles. The van der Waals surface area contributed by atoms with Gasteiger partial charge in [0.25, 0.3) is 0 Å². The van der Waals surface area contributed by atoms with Gasteiger partial charge in [-0.15, -0.1) is 11.3 Å². The van der Waals surface area contributed by atoms with Crippen LogP contribution in [-0.2, 0) is 18.4 Å². The third kappa shape index (κ3) is 3.34. The molecule has 0 saturated heterocycles. The number of nitrogens with zero attached hydrogens (tertiary/aromatic N) is 1. The van der Waals surface area contributed by atoms with Crippen molar-refractivity contribution in [3.63, 3.8) is 0 Å². The second kappa shape index (κ2) is 6.60. The molecule has 0 radical (unpaired) electrons. The number of aryl methyl sites for hydroxylation is 1. The average molecular weight is 375 g/mol. The Morgan fingerprint density at radius 2 is 2.08 bits per heavy atom. The predicted molar refractivity (Wildman–Crippen MR) is 107 cm³/mol. The standard InChI is InChI=1S/C20H26N2OS2/c1-12-18(13-6-4-7-13)21-16-9-5-8-15(16)19(12)22-25-17-10-14(11-24-17)20(2,3)23/h10-11,13,23H,4-9H2,1-3H3,(H,21,22). The van der Waals surface area contributed by atoms with Gasteiger partial charge in [0.2, 0.25) is 0 Å². The van der Waals surface area contributed by atoms with E-state index in [1.165, 1.54) is 58.1 Å². The molecule has 1 fully saturated rings. The first-order valence-electron chi connectivity index (χ1n) is 9.20. The molecule has 25 heavy (non-hydrogen) atoms. The smallest absolute Gasteiger partial charge is 0.0848 e. The van der Waals surface area contributed by atoms with E-state index >= 15 is 0 Å². The van der Waals surface area contributed by atoms with Crippen LogP contribution in [0.3, 0.4) is 0 Å². The van der Waals surface area contributed by atoms with Gasteiger partial charge >= 0.3 is 0 Å². The maximum atomic E-state index is 10.2. The van der Waals surface area contributed by atoms with E-state index in [2.05, 4.69) is 17.7 Å². The molecule has 0 aromatic carbocycles. The van der Waals surface area contributed by atoms with E-state index in [4.69, 9.17) is 4.98 Å². The van der Waals surface area contributed by atoms with Crippen LogP contribution >= 0.6 is 23.3 Å². The summed E-state index contributed by atoms with van der Waals surface area (Å²) in [6.07, 6.45) is 7.40. The van der Waals surface area contributed by atoms with Crippen LogP contribution in [0.25, 0.3) is 0 Å². The molecule has 0 bridgehead atoms. The number of aliphatic hydroxyl groups is 1. The molecular formula is C20H26N2OS2. The van der Waals surface area contributed by atoms with Crippen LogP contribution in [0.15, 0.2) is 15.7 Å². The molecule has 0 unspecified atom stereocenters. The first-order valence-corrected chi connectivity index (χ1v) is 10.9. The highest BCUT2D eigenvalue weighted by Gasteiger charge is 2.28. The van der Waals surface area contributed by atoms with Crippen molar-refractivity contribution in [2.45, 2.75) is 75.0 Å². The Bertz CT molecular complexity index is 788. The average Bonchev–Trinajstić information content (AvgIpc) is 3.13. The van der Waals surface area contributed by atoms with Gasteiger partial charge in [-0.3, -0.25) is 4.98 Å². The highest BCUT2D eigenvalue weighted by atomic mass is 32.2. The fraction of sp³-hybridized carbons (Fsp3) is 0.550. The lowest BCUT2D eigenvalue weighted by molar-refractivity contribution is 0.0789.